The average molecular weight is 255 g/mol. The molecule has 0 bridgehead atoms. The van der Waals surface area contributed by atoms with Gasteiger partial charge in [-0.05, 0) is 18.1 Å². The predicted molar refractivity (Wildman–Crippen MR) is 67.5 cm³/mol. The summed E-state index contributed by atoms with van der Waals surface area (Å²) >= 11 is 0. The van der Waals surface area contributed by atoms with Crippen LogP contribution in [0.2, 0.25) is 0 Å². The molecule has 0 aromatic heterocycles. The van der Waals surface area contributed by atoms with Crippen LogP contribution in [0.15, 0.2) is 29.2 Å². The molecule has 0 aliphatic carbocycles. The molecular formula is C10H14BNO4S. The van der Waals surface area contributed by atoms with E-state index in [1.54, 1.807) is 7.85 Å². The number of nitro groups is 1. The third-order valence-corrected chi connectivity index (χ3v) is 5.26. The highest BCUT2D eigenvalue weighted by Gasteiger charge is 2.26. The number of non-ortho nitro benzene ring substituents is 1. The third kappa shape index (κ3) is 2.85. The number of hydrogen-bond donors (Lipinski definition) is 0. The molecule has 0 aliphatic rings. The Balaban J connectivity index is 3.13. The quantitative estimate of drug-likeness (QED) is 0.456. The van der Waals surface area contributed by atoms with Gasteiger partial charge in [-0.3, -0.25) is 10.1 Å². The molecule has 7 heteroatoms. The van der Waals surface area contributed by atoms with Gasteiger partial charge in [-0.25, -0.2) is 8.42 Å². The van der Waals surface area contributed by atoms with Crippen molar-refractivity contribution < 1.29 is 13.3 Å². The van der Waals surface area contributed by atoms with Crippen molar-refractivity contribution in [3.05, 3.63) is 34.4 Å². The minimum absolute atomic E-state index is 0.00445. The van der Waals surface area contributed by atoms with Gasteiger partial charge in [0.15, 0.2) is 9.84 Å². The highest BCUT2D eigenvalue weighted by atomic mass is 32.2. The maximum absolute atomic E-state index is 12.1. The number of nitrogens with zero attached hydrogens (tertiary/aromatic N) is 1. The van der Waals surface area contributed by atoms with Crippen molar-refractivity contribution in [1.29, 1.82) is 0 Å². The van der Waals surface area contributed by atoms with Gasteiger partial charge in [-0.1, -0.05) is 13.8 Å². The van der Waals surface area contributed by atoms with E-state index in [9.17, 15) is 18.5 Å². The molecule has 1 aromatic carbocycles. The summed E-state index contributed by atoms with van der Waals surface area (Å²) in [4.78, 5) is 10.0. The highest BCUT2D eigenvalue weighted by Crippen LogP contribution is 2.21. The van der Waals surface area contributed by atoms with Crippen LogP contribution in [0.5, 0.6) is 0 Å². The summed E-state index contributed by atoms with van der Waals surface area (Å²) in [7, 11) is -1.76. The van der Waals surface area contributed by atoms with Crippen molar-refractivity contribution >= 4 is 23.4 Å². The van der Waals surface area contributed by atoms with Crippen molar-refractivity contribution in [2.45, 2.75) is 23.9 Å². The molecule has 0 fully saturated rings. The van der Waals surface area contributed by atoms with Gasteiger partial charge in [0.1, 0.15) is 7.85 Å². The fourth-order valence-corrected chi connectivity index (χ4v) is 2.99. The number of sulfone groups is 1. The molecular weight excluding hydrogens is 241 g/mol. The molecule has 17 heavy (non-hydrogen) atoms. The van der Waals surface area contributed by atoms with Gasteiger partial charge in [0.2, 0.25) is 0 Å². The van der Waals surface area contributed by atoms with Crippen molar-refractivity contribution in [1.82, 2.24) is 0 Å². The van der Waals surface area contributed by atoms with Crippen LogP contribution in [0.25, 0.3) is 0 Å². The van der Waals surface area contributed by atoms with E-state index < -0.39 is 19.9 Å². The molecule has 0 radical (unpaired) electrons. The second kappa shape index (κ2) is 4.87. The topological polar surface area (TPSA) is 77.3 Å². The molecule has 92 valence electrons. The van der Waals surface area contributed by atoms with Gasteiger partial charge in [0, 0.05) is 17.3 Å². The zero-order valence-corrected chi connectivity index (χ0v) is 10.8. The standard InChI is InChI=1S/C10H14BNO4S/c1-7(2)10(11)17(15,16)9-5-3-8(4-6-9)12(13)14/h3-7,10H,11H2,1-2H3. The number of nitro benzene ring substituents is 1. The Hall–Kier alpha value is -1.37. The van der Waals surface area contributed by atoms with Crippen molar-refractivity contribution in [3.8, 4) is 0 Å². The minimum Gasteiger partial charge on any atom is -0.258 e. The molecule has 0 spiro atoms. The van der Waals surface area contributed by atoms with Crippen LogP contribution >= 0.6 is 0 Å². The maximum atomic E-state index is 12.1. The Morgan fingerprint density at radius 2 is 1.71 bits per heavy atom. The molecule has 0 amide bonds. The first-order valence-corrected chi connectivity index (χ1v) is 6.79. The Kier molecular flexibility index (Phi) is 3.92. The molecule has 1 unspecified atom stereocenters. The summed E-state index contributed by atoms with van der Waals surface area (Å²) in [6.07, 6.45) is 0. The lowest BCUT2D eigenvalue weighted by atomic mass is 9.93. The SMILES string of the molecule is BC(C(C)C)S(=O)(=O)c1ccc([N+](=O)[O-])cc1. The summed E-state index contributed by atoms with van der Waals surface area (Å²) in [5, 5.41) is 9.95. The van der Waals surface area contributed by atoms with Crippen LogP contribution in [0, 0.1) is 16.0 Å². The lowest BCUT2D eigenvalue weighted by Gasteiger charge is -2.16. The molecule has 1 rings (SSSR count). The van der Waals surface area contributed by atoms with Crippen LogP contribution in [0.3, 0.4) is 0 Å². The van der Waals surface area contributed by atoms with E-state index in [-0.39, 0.29) is 16.5 Å². The average Bonchev–Trinajstić information content (AvgIpc) is 2.27. The Labute approximate surface area is 101 Å². The summed E-state index contributed by atoms with van der Waals surface area (Å²) in [6, 6.07) is 4.98. The molecule has 0 aliphatic heterocycles. The van der Waals surface area contributed by atoms with Gasteiger partial charge in [-0.15, -0.1) is 0 Å². The van der Waals surface area contributed by atoms with Gasteiger partial charge in [0.05, 0.1) is 9.82 Å². The van der Waals surface area contributed by atoms with Crippen molar-refractivity contribution in [2.75, 3.05) is 0 Å². The third-order valence-electron chi connectivity index (χ3n) is 2.80. The van der Waals surface area contributed by atoms with E-state index in [1.807, 2.05) is 13.8 Å². The fraction of sp³-hybridized carbons (Fsp3) is 0.400. The smallest absolute Gasteiger partial charge is 0.258 e. The first-order valence-electron chi connectivity index (χ1n) is 5.25. The van der Waals surface area contributed by atoms with Gasteiger partial charge in [0.25, 0.3) is 5.69 Å². The van der Waals surface area contributed by atoms with Gasteiger partial charge < -0.3 is 0 Å². The lowest BCUT2D eigenvalue weighted by molar-refractivity contribution is -0.384. The van der Waals surface area contributed by atoms with E-state index in [0.717, 1.165) is 0 Å². The molecule has 0 saturated carbocycles. The normalized spacial score (nSPS) is 13.6. The Bertz CT molecular complexity index is 510. The van der Waals surface area contributed by atoms with E-state index in [4.69, 9.17) is 0 Å². The summed E-state index contributed by atoms with van der Waals surface area (Å²) in [5.74, 6) is -0.00445. The first-order chi connectivity index (χ1) is 7.76. The molecule has 0 N–H and O–H groups in total. The lowest BCUT2D eigenvalue weighted by Crippen LogP contribution is -2.27. The van der Waals surface area contributed by atoms with Crippen molar-refractivity contribution in [2.24, 2.45) is 5.92 Å². The second-order valence-corrected chi connectivity index (χ2v) is 6.55. The zero-order valence-electron chi connectivity index (χ0n) is 9.95. The van der Waals surface area contributed by atoms with E-state index in [0.29, 0.717) is 0 Å². The van der Waals surface area contributed by atoms with E-state index >= 15 is 0 Å². The number of hydrogen-bond acceptors (Lipinski definition) is 4. The molecule has 1 atom stereocenters. The summed E-state index contributed by atoms with van der Waals surface area (Å²) in [6.45, 7) is 3.65. The largest absolute Gasteiger partial charge is 0.269 e. The molecule has 0 saturated heterocycles. The summed E-state index contributed by atoms with van der Waals surface area (Å²) in [5.41, 5.74) is -0.110. The van der Waals surface area contributed by atoms with Crippen LogP contribution < -0.4 is 0 Å². The zero-order chi connectivity index (χ0) is 13.2. The van der Waals surface area contributed by atoms with Gasteiger partial charge >= 0.3 is 0 Å². The van der Waals surface area contributed by atoms with E-state index in [1.165, 1.54) is 24.3 Å². The minimum atomic E-state index is -3.40. The molecule has 0 heterocycles. The van der Waals surface area contributed by atoms with E-state index in [2.05, 4.69) is 0 Å². The van der Waals surface area contributed by atoms with Crippen LogP contribution in [0.4, 0.5) is 5.69 Å². The molecule has 1 aromatic rings. The first kappa shape index (κ1) is 13.7. The van der Waals surface area contributed by atoms with Crippen LogP contribution in [-0.2, 0) is 9.84 Å². The monoisotopic (exact) mass is 255 g/mol. The second-order valence-electron chi connectivity index (χ2n) is 4.25. The Morgan fingerprint density at radius 3 is 2.06 bits per heavy atom. The number of benzene rings is 1. The predicted octanol–water partition coefficient (Wildman–Crippen LogP) is 0.984. The van der Waals surface area contributed by atoms with Gasteiger partial charge in [-0.2, -0.15) is 0 Å². The van der Waals surface area contributed by atoms with Crippen LogP contribution in [-0.4, -0.2) is 26.3 Å². The highest BCUT2D eigenvalue weighted by molar-refractivity contribution is 7.93. The van der Waals surface area contributed by atoms with Crippen molar-refractivity contribution in [3.63, 3.8) is 0 Å². The number of rotatable bonds is 4. The molecule has 5 nitrogen and oxygen atoms in total. The Morgan fingerprint density at radius 1 is 1.24 bits per heavy atom. The van der Waals surface area contributed by atoms with Crippen LogP contribution in [0.1, 0.15) is 13.8 Å². The fourth-order valence-electron chi connectivity index (χ4n) is 1.33. The maximum Gasteiger partial charge on any atom is 0.269 e. The summed E-state index contributed by atoms with van der Waals surface area (Å²) < 4.78 is 24.2.